The Morgan fingerprint density at radius 2 is 1.84 bits per heavy atom. The van der Waals surface area contributed by atoms with Gasteiger partial charge in [-0.25, -0.2) is 0 Å². The summed E-state index contributed by atoms with van der Waals surface area (Å²) in [4.78, 5) is 12.5. The third-order valence-corrected chi connectivity index (χ3v) is 6.45. The van der Waals surface area contributed by atoms with Crippen molar-refractivity contribution in [2.75, 3.05) is 13.7 Å². The third kappa shape index (κ3) is 5.19. The van der Waals surface area contributed by atoms with Gasteiger partial charge in [0.05, 0.1) is 18.8 Å². The normalized spacial score (nSPS) is 21.9. The van der Waals surface area contributed by atoms with Crippen LogP contribution in [0, 0.1) is 5.92 Å². The van der Waals surface area contributed by atoms with Crippen molar-refractivity contribution in [1.82, 2.24) is 5.32 Å². The van der Waals surface area contributed by atoms with Crippen LogP contribution in [0.2, 0.25) is 0 Å². The molecule has 4 nitrogen and oxygen atoms in total. The van der Waals surface area contributed by atoms with E-state index in [0.717, 1.165) is 30.5 Å². The molecule has 2 aromatic rings. The summed E-state index contributed by atoms with van der Waals surface area (Å²) < 4.78 is 50.8. The van der Waals surface area contributed by atoms with Gasteiger partial charge < -0.3 is 14.8 Å². The highest BCUT2D eigenvalue weighted by molar-refractivity contribution is 5.80. The molecule has 2 atom stereocenters. The molecular weight excluding hydrogens is 419 g/mol. The number of alkyl halides is 3. The molecule has 2 aliphatic rings. The van der Waals surface area contributed by atoms with Gasteiger partial charge in [0.25, 0.3) is 0 Å². The van der Waals surface area contributed by atoms with Crippen molar-refractivity contribution < 1.29 is 27.4 Å². The molecule has 172 valence electrons. The highest BCUT2D eigenvalue weighted by atomic mass is 19.4. The predicted octanol–water partition coefficient (Wildman–Crippen LogP) is 5.50. The van der Waals surface area contributed by atoms with Gasteiger partial charge >= 0.3 is 6.18 Å². The van der Waals surface area contributed by atoms with Crippen molar-refractivity contribution in [3.63, 3.8) is 0 Å². The lowest BCUT2D eigenvalue weighted by Crippen LogP contribution is -2.41. The van der Waals surface area contributed by atoms with E-state index in [-0.39, 0.29) is 24.3 Å². The molecule has 1 N–H and O–H groups in total. The number of rotatable bonds is 6. The van der Waals surface area contributed by atoms with Gasteiger partial charge in [0.1, 0.15) is 0 Å². The summed E-state index contributed by atoms with van der Waals surface area (Å²) >= 11 is 0. The van der Waals surface area contributed by atoms with E-state index in [2.05, 4.69) is 5.32 Å². The van der Waals surface area contributed by atoms with Crippen molar-refractivity contribution in [2.45, 2.75) is 56.7 Å². The third-order valence-electron chi connectivity index (χ3n) is 6.45. The molecule has 0 spiro atoms. The van der Waals surface area contributed by atoms with Crippen LogP contribution < -0.4 is 14.8 Å². The first-order valence-corrected chi connectivity index (χ1v) is 11.1. The smallest absolute Gasteiger partial charge is 0.416 e. The Hall–Kier alpha value is -2.70. The van der Waals surface area contributed by atoms with Gasteiger partial charge in [-0.2, -0.15) is 13.2 Å². The summed E-state index contributed by atoms with van der Waals surface area (Å²) in [6.45, 7) is 0.493. The summed E-state index contributed by atoms with van der Waals surface area (Å²) in [5, 5.41) is 2.93. The molecule has 0 bridgehead atoms. The van der Waals surface area contributed by atoms with Gasteiger partial charge in [-0.05, 0) is 67.9 Å². The summed E-state index contributed by atoms with van der Waals surface area (Å²) in [6.07, 6.45) is 1.03. The van der Waals surface area contributed by atoms with Crippen molar-refractivity contribution in [2.24, 2.45) is 5.92 Å². The van der Waals surface area contributed by atoms with E-state index < -0.39 is 17.7 Å². The average molecular weight is 447 g/mol. The molecule has 2 fully saturated rings. The van der Waals surface area contributed by atoms with E-state index in [1.807, 2.05) is 18.2 Å². The number of hydrogen-bond donors (Lipinski definition) is 1. The van der Waals surface area contributed by atoms with Crippen molar-refractivity contribution in [1.29, 1.82) is 0 Å². The van der Waals surface area contributed by atoms with Gasteiger partial charge in [-0.1, -0.05) is 24.3 Å². The quantitative estimate of drug-likeness (QED) is 0.636. The number of piperidine rings is 1. The molecule has 1 aliphatic carbocycles. The Bertz CT molecular complexity index is 954. The maximum atomic E-state index is 13.1. The zero-order valence-electron chi connectivity index (χ0n) is 18.1. The summed E-state index contributed by atoms with van der Waals surface area (Å²) in [7, 11) is 1.61. The zero-order valence-corrected chi connectivity index (χ0v) is 18.1. The Balaban J connectivity index is 1.50. The number of ether oxygens (including phenoxy) is 2. The van der Waals surface area contributed by atoms with Crippen molar-refractivity contribution >= 4 is 5.91 Å². The molecule has 1 heterocycles. The molecule has 1 saturated heterocycles. The zero-order chi connectivity index (χ0) is 22.7. The van der Waals surface area contributed by atoms with Crippen LogP contribution in [0.1, 0.15) is 54.7 Å². The minimum Gasteiger partial charge on any atom is -0.493 e. The van der Waals surface area contributed by atoms with Gasteiger partial charge in [0.15, 0.2) is 11.5 Å². The molecule has 0 radical (unpaired) electrons. The fourth-order valence-electron chi connectivity index (χ4n) is 4.72. The first-order chi connectivity index (χ1) is 15.3. The largest absolute Gasteiger partial charge is 0.493 e. The van der Waals surface area contributed by atoms with Crippen LogP contribution in [0.4, 0.5) is 13.2 Å². The number of halogens is 3. The van der Waals surface area contributed by atoms with Crippen LogP contribution in [0.3, 0.4) is 0 Å². The summed E-state index contributed by atoms with van der Waals surface area (Å²) in [6, 6.07) is 11.1. The van der Waals surface area contributed by atoms with Crippen LogP contribution in [0.5, 0.6) is 11.5 Å². The number of hydrogen-bond acceptors (Lipinski definition) is 3. The van der Waals surface area contributed by atoms with Crippen molar-refractivity contribution in [3.8, 4) is 11.5 Å². The number of benzene rings is 2. The fraction of sp³-hybridized carbons (Fsp3) is 0.480. The second kappa shape index (κ2) is 9.43. The van der Waals surface area contributed by atoms with Gasteiger partial charge in [0, 0.05) is 18.4 Å². The van der Waals surface area contributed by atoms with Crippen LogP contribution in [0.15, 0.2) is 42.5 Å². The summed E-state index contributed by atoms with van der Waals surface area (Å²) in [5.74, 6) is 0.942. The molecule has 2 aromatic carbocycles. The molecule has 1 amide bonds. The molecule has 4 rings (SSSR count). The number of methoxy groups -OCH3 is 1. The lowest BCUT2D eigenvalue weighted by atomic mass is 9.82. The first-order valence-electron chi connectivity index (χ1n) is 11.1. The fourth-order valence-corrected chi connectivity index (χ4v) is 4.72. The molecule has 0 aromatic heterocycles. The Kier molecular flexibility index (Phi) is 6.63. The first kappa shape index (κ1) is 22.5. The predicted molar refractivity (Wildman–Crippen MR) is 115 cm³/mol. The Morgan fingerprint density at radius 1 is 1.06 bits per heavy atom. The van der Waals surface area contributed by atoms with Crippen LogP contribution in [-0.4, -0.2) is 25.7 Å². The van der Waals surface area contributed by atoms with Gasteiger partial charge in [0.2, 0.25) is 5.91 Å². The highest BCUT2D eigenvalue weighted by Crippen LogP contribution is 2.37. The van der Waals surface area contributed by atoms with E-state index in [9.17, 15) is 18.0 Å². The van der Waals surface area contributed by atoms with Gasteiger partial charge in [-0.15, -0.1) is 0 Å². The molecular formula is C25H28F3NO3. The van der Waals surface area contributed by atoms with E-state index in [1.165, 1.54) is 18.9 Å². The second-order valence-corrected chi connectivity index (χ2v) is 8.71. The monoisotopic (exact) mass is 447 g/mol. The summed E-state index contributed by atoms with van der Waals surface area (Å²) in [5.41, 5.74) is 0.861. The number of carbonyl (C=O) groups is 1. The molecule has 1 saturated carbocycles. The lowest BCUT2D eigenvalue weighted by molar-refractivity contribution is -0.137. The van der Waals surface area contributed by atoms with E-state index in [1.54, 1.807) is 13.2 Å². The van der Waals surface area contributed by atoms with E-state index >= 15 is 0 Å². The topological polar surface area (TPSA) is 47.6 Å². The minimum absolute atomic E-state index is 0.0559. The molecule has 0 unspecified atom stereocenters. The SMILES string of the molecule is COc1ccc([C@H]2CNC(=O)[C@@H](Cc3cccc(C(F)(F)F)c3)C2)cc1OC1CCCC1. The lowest BCUT2D eigenvalue weighted by Gasteiger charge is -2.30. The second-order valence-electron chi connectivity index (χ2n) is 8.71. The number of amides is 1. The number of nitrogens with one attached hydrogen (secondary N) is 1. The maximum absolute atomic E-state index is 13.1. The van der Waals surface area contributed by atoms with Crippen LogP contribution >= 0.6 is 0 Å². The Labute approximate surface area is 186 Å². The number of carbonyl (C=O) groups excluding carboxylic acids is 1. The standard InChI is InChI=1S/C25H28F3NO3/c1-31-22-10-9-17(14-23(22)32-21-7-2-3-8-21)19-13-18(24(30)29-15-19)11-16-5-4-6-20(12-16)25(26,27)28/h4-6,9-10,12,14,18-19,21H,2-3,7-8,11,13,15H2,1H3,(H,29,30)/t18-,19+/m0/s1. The van der Waals surface area contributed by atoms with E-state index in [4.69, 9.17) is 9.47 Å². The van der Waals surface area contributed by atoms with Crippen LogP contribution in [0.25, 0.3) is 0 Å². The maximum Gasteiger partial charge on any atom is 0.416 e. The van der Waals surface area contributed by atoms with Crippen molar-refractivity contribution in [3.05, 3.63) is 59.2 Å². The van der Waals surface area contributed by atoms with Gasteiger partial charge in [-0.3, -0.25) is 4.79 Å². The Morgan fingerprint density at radius 3 is 2.56 bits per heavy atom. The van der Waals surface area contributed by atoms with Crippen LogP contribution in [-0.2, 0) is 17.4 Å². The minimum atomic E-state index is -4.40. The molecule has 32 heavy (non-hydrogen) atoms. The average Bonchev–Trinajstić information content (AvgIpc) is 3.28. The van der Waals surface area contributed by atoms with E-state index in [0.29, 0.717) is 30.0 Å². The molecule has 7 heteroatoms. The highest BCUT2D eigenvalue weighted by Gasteiger charge is 2.33. The molecule has 1 aliphatic heterocycles.